The van der Waals surface area contributed by atoms with Crippen LogP contribution in [-0.4, -0.2) is 21.1 Å². The number of allylic oxidation sites excluding steroid dienone is 2. The van der Waals surface area contributed by atoms with Crippen molar-refractivity contribution in [1.82, 2.24) is 9.55 Å². The predicted octanol–water partition coefficient (Wildman–Crippen LogP) is 7.63. The van der Waals surface area contributed by atoms with Gasteiger partial charge >= 0.3 is 0 Å². The molecule has 0 radical (unpaired) electrons. The third-order valence-corrected chi connectivity index (χ3v) is 7.79. The van der Waals surface area contributed by atoms with E-state index in [4.69, 9.17) is 0 Å². The molecule has 1 aliphatic rings. The normalized spacial score (nSPS) is 13.5. The number of carbonyl (C=O) groups excluding carboxylic acids is 2. The molecule has 0 unspecified atom stereocenters. The third-order valence-electron chi connectivity index (χ3n) is 7.79. The Labute approximate surface area is 219 Å². The van der Waals surface area contributed by atoms with E-state index >= 15 is 0 Å². The highest BCUT2D eigenvalue weighted by atomic mass is 16.1. The van der Waals surface area contributed by atoms with Gasteiger partial charge < -0.3 is 9.55 Å². The summed E-state index contributed by atoms with van der Waals surface area (Å²) in [5.41, 5.74) is 8.06. The highest BCUT2D eigenvalue weighted by Gasteiger charge is 2.37. The first kappa shape index (κ1) is 22.3. The first-order valence-corrected chi connectivity index (χ1v) is 12.7. The second-order valence-electron chi connectivity index (χ2n) is 9.78. The maximum Gasteiger partial charge on any atom is 0.195 e. The second kappa shape index (κ2) is 8.29. The van der Waals surface area contributed by atoms with Gasteiger partial charge in [-0.1, -0.05) is 91.0 Å². The SMILES string of the molecule is Cc1c(C2=C(c3c(-c4ccccc4)[nH]c4ccccc34)C(=O)c3ccccc3C2=O)c2ccccc2n1C. The number of ketones is 2. The van der Waals surface area contributed by atoms with Crippen molar-refractivity contribution in [2.45, 2.75) is 6.92 Å². The number of nitrogens with one attached hydrogen (secondary N) is 1. The van der Waals surface area contributed by atoms with Gasteiger partial charge in [0, 0.05) is 67.9 Å². The average molecular weight is 493 g/mol. The highest BCUT2D eigenvalue weighted by Crippen LogP contribution is 2.46. The lowest BCUT2D eigenvalue weighted by molar-refractivity contribution is 0.101. The molecule has 4 nitrogen and oxygen atoms in total. The van der Waals surface area contributed by atoms with E-state index in [9.17, 15) is 9.59 Å². The van der Waals surface area contributed by atoms with Gasteiger partial charge in [-0.3, -0.25) is 9.59 Å². The van der Waals surface area contributed by atoms with E-state index < -0.39 is 0 Å². The predicted molar refractivity (Wildman–Crippen MR) is 153 cm³/mol. The number of hydrogen-bond donors (Lipinski definition) is 1. The van der Waals surface area contributed by atoms with Gasteiger partial charge in [0.15, 0.2) is 11.6 Å². The Kier molecular flexibility index (Phi) is 4.85. The summed E-state index contributed by atoms with van der Waals surface area (Å²) < 4.78 is 2.10. The molecule has 1 aliphatic carbocycles. The Morgan fingerprint density at radius 1 is 0.605 bits per heavy atom. The Morgan fingerprint density at radius 2 is 1.16 bits per heavy atom. The van der Waals surface area contributed by atoms with Crippen LogP contribution < -0.4 is 0 Å². The average Bonchev–Trinajstić information content (AvgIpc) is 3.46. The van der Waals surface area contributed by atoms with E-state index in [0.29, 0.717) is 22.3 Å². The van der Waals surface area contributed by atoms with E-state index in [0.717, 1.165) is 49.9 Å². The topological polar surface area (TPSA) is 54.9 Å². The molecule has 0 spiro atoms. The van der Waals surface area contributed by atoms with Crippen LogP contribution in [0.5, 0.6) is 0 Å². The minimum absolute atomic E-state index is 0.126. The zero-order chi connectivity index (χ0) is 26.0. The Balaban J connectivity index is 1.68. The first-order valence-electron chi connectivity index (χ1n) is 12.7. The fraction of sp³-hybridized carbons (Fsp3) is 0.0588. The van der Waals surface area contributed by atoms with Gasteiger partial charge in [-0.25, -0.2) is 0 Å². The zero-order valence-electron chi connectivity index (χ0n) is 21.1. The maximum absolute atomic E-state index is 14.5. The summed E-state index contributed by atoms with van der Waals surface area (Å²) in [6.45, 7) is 2.02. The van der Waals surface area contributed by atoms with E-state index in [-0.39, 0.29) is 11.6 Å². The largest absolute Gasteiger partial charge is 0.354 e. The first-order chi connectivity index (χ1) is 18.6. The van der Waals surface area contributed by atoms with E-state index in [1.807, 2.05) is 98.9 Å². The smallest absolute Gasteiger partial charge is 0.195 e. The molecule has 7 rings (SSSR count). The lowest BCUT2D eigenvalue weighted by atomic mass is 9.77. The maximum atomic E-state index is 14.5. The van der Waals surface area contributed by atoms with Crippen LogP contribution in [0.15, 0.2) is 103 Å². The van der Waals surface area contributed by atoms with E-state index in [1.54, 1.807) is 12.1 Å². The van der Waals surface area contributed by atoms with E-state index in [2.05, 4.69) is 15.6 Å². The lowest BCUT2D eigenvalue weighted by Gasteiger charge is -2.23. The van der Waals surface area contributed by atoms with Gasteiger partial charge in [0.1, 0.15) is 0 Å². The Morgan fingerprint density at radius 3 is 1.87 bits per heavy atom. The van der Waals surface area contributed by atoms with Gasteiger partial charge in [-0.2, -0.15) is 0 Å². The van der Waals surface area contributed by atoms with Crippen LogP contribution in [0, 0.1) is 6.92 Å². The fourth-order valence-electron chi connectivity index (χ4n) is 5.91. The number of aromatic nitrogens is 2. The summed E-state index contributed by atoms with van der Waals surface area (Å²) in [6.07, 6.45) is 0. The molecule has 0 bridgehead atoms. The molecule has 0 fully saturated rings. The standard InChI is InChI=1S/C34H24N2O2/c1-20-28(25-17-9-11-19-27(25)36(20)2)30-31(34(38)23-15-7-6-14-22(23)33(30)37)29-24-16-8-10-18-26(24)35-32(29)21-12-4-3-5-13-21/h3-19,35H,1-2H3. The van der Waals surface area contributed by atoms with Crippen molar-refractivity contribution in [3.05, 3.63) is 131 Å². The van der Waals surface area contributed by atoms with Gasteiger partial charge in [-0.15, -0.1) is 0 Å². The van der Waals surface area contributed by atoms with Crippen molar-refractivity contribution in [1.29, 1.82) is 0 Å². The molecular weight excluding hydrogens is 468 g/mol. The number of para-hydroxylation sites is 2. The van der Waals surface area contributed by atoms with Gasteiger partial charge in [0.2, 0.25) is 0 Å². The van der Waals surface area contributed by atoms with Crippen LogP contribution in [0.4, 0.5) is 0 Å². The van der Waals surface area contributed by atoms with Crippen LogP contribution in [0.2, 0.25) is 0 Å². The minimum atomic E-state index is -0.135. The van der Waals surface area contributed by atoms with Crippen molar-refractivity contribution >= 4 is 44.5 Å². The van der Waals surface area contributed by atoms with Crippen LogP contribution in [0.1, 0.15) is 37.5 Å². The number of Topliss-reactive ketones (excluding diaryl/α,β-unsaturated/α-hetero) is 2. The van der Waals surface area contributed by atoms with E-state index in [1.165, 1.54) is 0 Å². The Hall–Kier alpha value is -4.96. The Bertz CT molecular complexity index is 1970. The monoisotopic (exact) mass is 492 g/mol. The van der Waals surface area contributed by atoms with Gasteiger partial charge in [0.25, 0.3) is 0 Å². The highest BCUT2D eigenvalue weighted by molar-refractivity contribution is 6.54. The second-order valence-corrected chi connectivity index (χ2v) is 9.78. The zero-order valence-corrected chi connectivity index (χ0v) is 21.1. The minimum Gasteiger partial charge on any atom is -0.354 e. The summed E-state index contributed by atoms with van der Waals surface area (Å²) in [6, 6.07) is 33.2. The number of aryl methyl sites for hydroxylation is 1. The van der Waals surface area contributed by atoms with Gasteiger partial charge in [-0.05, 0) is 24.6 Å². The molecule has 0 aliphatic heterocycles. The molecule has 1 N–H and O–H groups in total. The molecule has 0 atom stereocenters. The third kappa shape index (κ3) is 3.04. The van der Waals surface area contributed by atoms with Crippen LogP contribution in [0.25, 0.3) is 44.2 Å². The number of nitrogens with zero attached hydrogens (tertiary/aromatic N) is 1. The van der Waals surface area contributed by atoms with Crippen molar-refractivity contribution in [2.24, 2.45) is 7.05 Å². The van der Waals surface area contributed by atoms with Crippen molar-refractivity contribution < 1.29 is 9.59 Å². The number of H-pyrrole nitrogens is 1. The number of fused-ring (bicyclic) bond motifs is 3. The molecule has 0 saturated heterocycles. The molecule has 0 amide bonds. The summed E-state index contributed by atoms with van der Waals surface area (Å²) in [5.74, 6) is -0.261. The molecule has 38 heavy (non-hydrogen) atoms. The number of aromatic amines is 1. The van der Waals surface area contributed by atoms with Crippen molar-refractivity contribution in [3.8, 4) is 11.3 Å². The number of carbonyl (C=O) groups is 2. The van der Waals surface area contributed by atoms with Gasteiger partial charge in [0.05, 0.1) is 5.69 Å². The van der Waals surface area contributed by atoms with Crippen molar-refractivity contribution in [2.75, 3.05) is 0 Å². The number of rotatable bonds is 3. The molecule has 2 aromatic heterocycles. The van der Waals surface area contributed by atoms with Crippen LogP contribution >= 0.6 is 0 Å². The van der Waals surface area contributed by atoms with Crippen molar-refractivity contribution in [3.63, 3.8) is 0 Å². The summed E-state index contributed by atoms with van der Waals surface area (Å²) in [7, 11) is 2.01. The summed E-state index contributed by atoms with van der Waals surface area (Å²) in [5, 5.41) is 1.87. The summed E-state index contributed by atoms with van der Waals surface area (Å²) in [4.78, 5) is 32.5. The van der Waals surface area contributed by atoms with Crippen LogP contribution in [-0.2, 0) is 7.05 Å². The number of hydrogen-bond acceptors (Lipinski definition) is 2. The summed E-state index contributed by atoms with van der Waals surface area (Å²) >= 11 is 0. The van der Waals surface area contributed by atoms with Crippen LogP contribution in [0.3, 0.4) is 0 Å². The molecule has 182 valence electrons. The molecule has 4 heteroatoms. The molecule has 4 aromatic carbocycles. The lowest BCUT2D eigenvalue weighted by Crippen LogP contribution is -2.21. The number of benzene rings is 4. The molecule has 6 aromatic rings. The quantitative estimate of drug-likeness (QED) is 0.276. The molecule has 0 saturated carbocycles. The fourth-order valence-corrected chi connectivity index (χ4v) is 5.91. The molecular formula is C34H24N2O2. The molecule has 2 heterocycles.